The molecule has 2 aromatic carbocycles. The van der Waals surface area contributed by atoms with Crippen LogP contribution in [-0.2, 0) is 17.8 Å². The number of amides is 1. The van der Waals surface area contributed by atoms with E-state index >= 15 is 0 Å². The first kappa shape index (κ1) is 13.5. The largest absolute Gasteiger partial charge is 0.497 e. The number of hydrogen-bond donors (Lipinski definition) is 2. The number of carbonyl (C=O) groups is 1. The zero-order valence-corrected chi connectivity index (χ0v) is 11.9. The molecule has 1 atom stereocenters. The van der Waals surface area contributed by atoms with Crippen LogP contribution in [0.25, 0.3) is 0 Å². The Balaban J connectivity index is 1.58. The highest BCUT2D eigenvalue weighted by atomic mass is 16.5. The fraction of sp³-hybridized carbons (Fsp3) is 0.235. The van der Waals surface area contributed by atoms with Gasteiger partial charge >= 0.3 is 0 Å². The third-order valence-electron chi connectivity index (χ3n) is 3.69. The monoisotopic (exact) mass is 282 g/mol. The maximum Gasteiger partial charge on any atom is 0.243 e. The van der Waals surface area contributed by atoms with E-state index in [1.165, 1.54) is 5.56 Å². The van der Waals surface area contributed by atoms with Crippen LogP contribution < -0.4 is 15.4 Å². The Bertz CT molecular complexity index is 630. The van der Waals surface area contributed by atoms with Crippen molar-refractivity contribution >= 4 is 11.6 Å². The van der Waals surface area contributed by atoms with Gasteiger partial charge < -0.3 is 15.4 Å². The van der Waals surface area contributed by atoms with Crippen molar-refractivity contribution in [1.82, 2.24) is 5.32 Å². The molecule has 0 saturated carbocycles. The smallest absolute Gasteiger partial charge is 0.243 e. The van der Waals surface area contributed by atoms with Crippen LogP contribution in [0.15, 0.2) is 48.5 Å². The molecule has 1 aliphatic heterocycles. The average molecular weight is 282 g/mol. The number of anilines is 1. The highest BCUT2D eigenvalue weighted by molar-refractivity contribution is 5.87. The molecule has 0 radical (unpaired) electrons. The van der Waals surface area contributed by atoms with Gasteiger partial charge in [-0.25, -0.2) is 0 Å². The van der Waals surface area contributed by atoms with Gasteiger partial charge in [0.15, 0.2) is 0 Å². The zero-order valence-electron chi connectivity index (χ0n) is 11.9. The zero-order chi connectivity index (χ0) is 14.7. The lowest BCUT2D eigenvalue weighted by Gasteiger charge is -2.12. The van der Waals surface area contributed by atoms with Crippen molar-refractivity contribution in [2.45, 2.75) is 19.0 Å². The fourth-order valence-corrected chi connectivity index (χ4v) is 2.55. The molecule has 3 rings (SSSR count). The number of fused-ring (bicyclic) bond motifs is 1. The average Bonchev–Trinajstić information content (AvgIpc) is 2.97. The van der Waals surface area contributed by atoms with Crippen LogP contribution in [0.3, 0.4) is 0 Å². The van der Waals surface area contributed by atoms with Crippen LogP contribution in [-0.4, -0.2) is 19.1 Å². The lowest BCUT2D eigenvalue weighted by molar-refractivity contribution is -0.121. The van der Waals surface area contributed by atoms with E-state index in [0.717, 1.165) is 23.4 Å². The van der Waals surface area contributed by atoms with Crippen molar-refractivity contribution in [2.24, 2.45) is 0 Å². The van der Waals surface area contributed by atoms with Crippen LogP contribution >= 0.6 is 0 Å². The van der Waals surface area contributed by atoms with E-state index in [0.29, 0.717) is 6.54 Å². The van der Waals surface area contributed by atoms with Crippen molar-refractivity contribution in [1.29, 1.82) is 0 Å². The first-order valence-electron chi connectivity index (χ1n) is 7.01. The van der Waals surface area contributed by atoms with Gasteiger partial charge in [-0.1, -0.05) is 30.3 Å². The number of hydrogen-bond acceptors (Lipinski definition) is 3. The molecule has 0 aliphatic carbocycles. The molecule has 1 heterocycles. The predicted octanol–water partition coefficient (Wildman–Crippen LogP) is 2.35. The molecule has 0 spiro atoms. The Labute approximate surface area is 124 Å². The van der Waals surface area contributed by atoms with Gasteiger partial charge in [0.1, 0.15) is 11.8 Å². The van der Waals surface area contributed by atoms with Crippen molar-refractivity contribution in [3.63, 3.8) is 0 Å². The second-order valence-electron chi connectivity index (χ2n) is 5.13. The molecule has 2 N–H and O–H groups in total. The van der Waals surface area contributed by atoms with Crippen molar-refractivity contribution in [2.75, 3.05) is 12.4 Å². The van der Waals surface area contributed by atoms with Gasteiger partial charge in [0.05, 0.1) is 7.11 Å². The summed E-state index contributed by atoms with van der Waals surface area (Å²) in [6.07, 6.45) is 0.736. The standard InChI is InChI=1S/C17H18N2O2/c1-21-14-7-4-5-12(9-14)11-18-17(20)16-10-13-6-2-3-8-15(13)19-16/h2-9,16,19H,10-11H2,1H3,(H,18,20)/t16-/m0/s1. The molecule has 0 aromatic heterocycles. The van der Waals surface area contributed by atoms with E-state index in [9.17, 15) is 4.79 Å². The molecular formula is C17H18N2O2. The first-order valence-corrected chi connectivity index (χ1v) is 7.01. The topological polar surface area (TPSA) is 50.4 Å². The SMILES string of the molecule is COc1cccc(CNC(=O)[C@@H]2Cc3ccccc3N2)c1. The third kappa shape index (κ3) is 2.99. The number of nitrogens with one attached hydrogen (secondary N) is 2. The van der Waals surface area contributed by atoms with E-state index < -0.39 is 0 Å². The van der Waals surface area contributed by atoms with Gasteiger partial charge in [0, 0.05) is 18.7 Å². The number of methoxy groups -OCH3 is 1. The number of para-hydroxylation sites is 1. The second kappa shape index (κ2) is 5.87. The van der Waals surface area contributed by atoms with Crippen molar-refractivity contribution in [3.8, 4) is 5.75 Å². The molecule has 21 heavy (non-hydrogen) atoms. The van der Waals surface area contributed by atoms with Crippen molar-refractivity contribution in [3.05, 3.63) is 59.7 Å². The Kier molecular flexibility index (Phi) is 3.77. The van der Waals surface area contributed by atoms with Gasteiger partial charge in [0.2, 0.25) is 5.91 Å². The Morgan fingerprint density at radius 3 is 2.95 bits per heavy atom. The molecule has 108 valence electrons. The van der Waals surface area contributed by atoms with Gasteiger partial charge in [-0.15, -0.1) is 0 Å². The van der Waals surface area contributed by atoms with Crippen LogP contribution in [0.2, 0.25) is 0 Å². The highest BCUT2D eigenvalue weighted by Crippen LogP contribution is 2.25. The summed E-state index contributed by atoms with van der Waals surface area (Å²) in [5.74, 6) is 0.821. The minimum atomic E-state index is -0.187. The van der Waals surface area contributed by atoms with Crippen LogP contribution in [0.1, 0.15) is 11.1 Å². The third-order valence-corrected chi connectivity index (χ3v) is 3.69. The molecule has 4 heteroatoms. The lowest BCUT2D eigenvalue weighted by Crippen LogP contribution is -2.38. The van der Waals surface area contributed by atoms with Gasteiger partial charge in [-0.05, 0) is 29.3 Å². The summed E-state index contributed by atoms with van der Waals surface area (Å²) in [7, 11) is 1.64. The number of carbonyl (C=O) groups excluding carboxylic acids is 1. The minimum absolute atomic E-state index is 0.0222. The molecule has 0 saturated heterocycles. The first-order chi connectivity index (χ1) is 10.3. The Morgan fingerprint density at radius 2 is 2.14 bits per heavy atom. The summed E-state index contributed by atoms with van der Waals surface area (Å²) in [6, 6.07) is 15.6. The maximum atomic E-state index is 12.2. The van der Waals surface area contributed by atoms with E-state index in [2.05, 4.69) is 16.7 Å². The van der Waals surface area contributed by atoms with Gasteiger partial charge in [0.25, 0.3) is 0 Å². The fourth-order valence-electron chi connectivity index (χ4n) is 2.55. The molecule has 0 unspecified atom stereocenters. The lowest BCUT2D eigenvalue weighted by atomic mass is 10.1. The summed E-state index contributed by atoms with van der Waals surface area (Å²) in [4.78, 5) is 12.2. The Morgan fingerprint density at radius 1 is 1.29 bits per heavy atom. The number of benzene rings is 2. The normalized spacial score (nSPS) is 16.0. The predicted molar refractivity (Wildman–Crippen MR) is 82.4 cm³/mol. The van der Waals surface area contributed by atoms with Crippen molar-refractivity contribution < 1.29 is 9.53 Å². The molecular weight excluding hydrogens is 264 g/mol. The maximum absolute atomic E-state index is 12.2. The van der Waals surface area contributed by atoms with E-state index in [-0.39, 0.29) is 11.9 Å². The summed E-state index contributed by atoms with van der Waals surface area (Å²) < 4.78 is 5.18. The van der Waals surface area contributed by atoms with Crippen LogP contribution in [0, 0.1) is 0 Å². The summed E-state index contributed by atoms with van der Waals surface area (Å²) in [5, 5.41) is 6.23. The molecule has 0 fully saturated rings. The molecule has 1 amide bonds. The minimum Gasteiger partial charge on any atom is -0.497 e. The summed E-state index contributed by atoms with van der Waals surface area (Å²) in [6.45, 7) is 0.505. The van der Waals surface area contributed by atoms with Gasteiger partial charge in [-0.3, -0.25) is 4.79 Å². The highest BCUT2D eigenvalue weighted by Gasteiger charge is 2.25. The van der Waals surface area contributed by atoms with E-state index in [1.54, 1.807) is 7.11 Å². The van der Waals surface area contributed by atoms with E-state index in [4.69, 9.17) is 4.74 Å². The van der Waals surface area contributed by atoms with E-state index in [1.807, 2.05) is 42.5 Å². The quantitative estimate of drug-likeness (QED) is 0.905. The molecule has 4 nitrogen and oxygen atoms in total. The van der Waals surface area contributed by atoms with Crippen LogP contribution in [0.4, 0.5) is 5.69 Å². The van der Waals surface area contributed by atoms with Crippen LogP contribution in [0.5, 0.6) is 5.75 Å². The number of ether oxygens (including phenoxy) is 1. The molecule has 2 aromatic rings. The Hall–Kier alpha value is -2.49. The summed E-state index contributed by atoms with van der Waals surface area (Å²) >= 11 is 0. The molecule has 1 aliphatic rings. The second-order valence-corrected chi connectivity index (χ2v) is 5.13. The van der Waals surface area contributed by atoms with Gasteiger partial charge in [-0.2, -0.15) is 0 Å². The number of rotatable bonds is 4. The molecule has 0 bridgehead atoms. The summed E-state index contributed by atoms with van der Waals surface area (Å²) in [5.41, 5.74) is 3.27.